The standard InChI is InChI=1S/C23H24N6/c1-24-23(27-15-20-6-4-5-13-25-20)26-14-18-9-11-19(12-10-18)16-29-17-28-21-7-2-3-8-22(21)29/h2-13,17H,14-16H2,1H3,(H2,24,26,27). The lowest BCUT2D eigenvalue weighted by molar-refractivity contribution is 0.792. The number of hydrogen-bond donors (Lipinski definition) is 2. The lowest BCUT2D eigenvalue weighted by Crippen LogP contribution is -2.36. The number of imidazole rings is 1. The van der Waals surface area contributed by atoms with Gasteiger partial charge in [0.2, 0.25) is 0 Å². The van der Waals surface area contributed by atoms with Crippen LogP contribution >= 0.6 is 0 Å². The smallest absolute Gasteiger partial charge is 0.191 e. The minimum atomic E-state index is 0.637. The first-order valence-electron chi connectivity index (χ1n) is 9.64. The highest BCUT2D eigenvalue weighted by molar-refractivity contribution is 5.79. The van der Waals surface area contributed by atoms with E-state index in [1.807, 2.05) is 42.7 Å². The molecule has 4 rings (SSSR count). The molecule has 0 unspecified atom stereocenters. The van der Waals surface area contributed by atoms with Gasteiger partial charge >= 0.3 is 0 Å². The zero-order chi connectivity index (χ0) is 19.9. The number of aromatic nitrogens is 3. The van der Waals surface area contributed by atoms with Crippen LogP contribution in [0.15, 0.2) is 84.2 Å². The first kappa shape index (κ1) is 18.7. The molecule has 0 saturated carbocycles. The zero-order valence-corrected chi connectivity index (χ0v) is 16.4. The summed E-state index contributed by atoms with van der Waals surface area (Å²) in [6.45, 7) is 2.15. The van der Waals surface area contributed by atoms with Gasteiger partial charge < -0.3 is 15.2 Å². The number of rotatable bonds is 6. The van der Waals surface area contributed by atoms with E-state index in [1.54, 1.807) is 13.2 Å². The molecule has 0 radical (unpaired) electrons. The second kappa shape index (κ2) is 9.01. The Kier molecular flexibility index (Phi) is 5.81. The van der Waals surface area contributed by atoms with Crippen molar-refractivity contribution in [2.24, 2.45) is 4.99 Å². The number of guanidine groups is 1. The van der Waals surface area contributed by atoms with Gasteiger partial charge in [-0.1, -0.05) is 42.5 Å². The van der Waals surface area contributed by atoms with Crippen LogP contribution in [0.5, 0.6) is 0 Å². The van der Waals surface area contributed by atoms with Gasteiger partial charge in [-0.15, -0.1) is 0 Å². The van der Waals surface area contributed by atoms with E-state index < -0.39 is 0 Å². The van der Waals surface area contributed by atoms with Gasteiger partial charge in [0.15, 0.2) is 5.96 Å². The summed E-state index contributed by atoms with van der Waals surface area (Å²) in [5, 5.41) is 6.62. The third-order valence-electron chi connectivity index (χ3n) is 4.75. The number of hydrogen-bond acceptors (Lipinski definition) is 3. The van der Waals surface area contributed by atoms with Crippen molar-refractivity contribution in [1.29, 1.82) is 0 Å². The number of aliphatic imine (C=N–C) groups is 1. The highest BCUT2D eigenvalue weighted by atomic mass is 15.2. The third kappa shape index (κ3) is 4.79. The third-order valence-corrected chi connectivity index (χ3v) is 4.75. The molecule has 0 bridgehead atoms. The van der Waals surface area contributed by atoms with Crippen molar-refractivity contribution in [1.82, 2.24) is 25.2 Å². The normalized spacial score (nSPS) is 11.6. The van der Waals surface area contributed by atoms with Crippen molar-refractivity contribution in [3.05, 3.63) is 96.1 Å². The van der Waals surface area contributed by atoms with Crippen LogP contribution in [0, 0.1) is 0 Å². The molecule has 2 aromatic carbocycles. The van der Waals surface area contributed by atoms with Crippen molar-refractivity contribution < 1.29 is 0 Å². The minimum Gasteiger partial charge on any atom is -0.352 e. The van der Waals surface area contributed by atoms with E-state index in [1.165, 1.54) is 11.1 Å². The van der Waals surface area contributed by atoms with E-state index in [-0.39, 0.29) is 0 Å². The van der Waals surface area contributed by atoms with Gasteiger partial charge in [0.05, 0.1) is 29.6 Å². The van der Waals surface area contributed by atoms with E-state index in [0.29, 0.717) is 13.1 Å². The second-order valence-corrected chi connectivity index (χ2v) is 6.78. The van der Waals surface area contributed by atoms with Crippen LogP contribution in [0.1, 0.15) is 16.8 Å². The van der Waals surface area contributed by atoms with Gasteiger partial charge in [-0.25, -0.2) is 4.98 Å². The van der Waals surface area contributed by atoms with E-state index in [2.05, 4.69) is 60.5 Å². The van der Waals surface area contributed by atoms with Gasteiger partial charge in [-0.2, -0.15) is 0 Å². The molecule has 0 atom stereocenters. The van der Waals surface area contributed by atoms with Crippen LogP contribution in [0.4, 0.5) is 0 Å². The van der Waals surface area contributed by atoms with Crippen LogP contribution in [0.3, 0.4) is 0 Å². The molecule has 0 spiro atoms. The Hall–Kier alpha value is -3.67. The van der Waals surface area contributed by atoms with E-state index >= 15 is 0 Å². The average Bonchev–Trinajstić information content (AvgIpc) is 3.18. The molecule has 6 nitrogen and oxygen atoms in total. The molecule has 2 heterocycles. The first-order chi connectivity index (χ1) is 14.3. The molecule has 2 aromatic heterocycles. The lowest BCUT2D eigenvalue weighted by atomic mass is 10.1. The zero-order valence-electron chi connectivity index (χ0n) is 16.4. The van der Waals surface area contributed by atoms with Crippen LogP contribution in [-0.2, 0) is 19.6 Å². The Morgan fingerprint density at radius 1 is 0.862 bits per heavy atom. The van der Waals surface area contributed by atoms with Crippen molar-refractivity contribution in [3.8, 4) is 0 Å². The fourth-order valence-corrected chi connectivity index (χ4v) is 3.18. The average molecular weight is 384 g/mol. The summed E-state index contributed by atoms with van der Waals surface area (Å²) >= 11 is 0. The maximum atomic E-state index is 4.46. The molecule has 2 N–H and O–H groups in total. The maximum absolute atomic E-state index is 4.46. The Morgan fingerprint density at radius 2 is 1.62 bits per heavy atom. The topological polar surface area (TPSA) is 67.1 Å². The highest BCUT2D eigenvalue weighted by Crippen LogP contribution is 2.14. The quantitative estimate of drug-likeness (QED) is 0.395. The summed E-state index contributed by atoms with van der Waals surface area (Å²) in [6, 6.07) is 22.7. The second-order valence-electron chi connectivity index (χ2n) is 6.78. The van der Waals surface area contributed by atoms with Gasteiger partial charge in [0.25, 0.3) is 0 Å². The lowest BCUT2D eigenvalue weighted by Gasteiger charge is -2.12. The molecular formula is C23H24N6. The van der Waals surface area contributed by atoms with Crippen LogP contribution in [0.25, 0.3) is 11.0 Å². The largest absolute Gasteiger partial charge is 0.352 e. The number of pyridine rings is 1. The van der Waals surface area contributed by atoms with Crippen molar-refractivity contribution in [2.75, 3.05) is 7.05 Å². The summed E-state index contributed by atoms with van der Waals surface area (Å²) < 4.78 is 2.17. The van der Waals surface area contributed by atoms with Crippen molar-refractivity contribution >= 4 is 17.0 Å². The van der Waals surface area contributed by atoms with Crippen LogP contribution in [0.2, 0.25) is 0 Å². The molecule has 0 saturated heterocycles. The predicted molar refractivity (Wildman–Crippen MR) is 117 cm³/mol. The number of nitrogens with one attached hydrogen (secondary N) is 2. The number of nitrogens with zero attached hydrogens (tertiary/aromatic N) is 4. The van der Waals surface area contributed by atoms with Crippen molar-refractivity contribution in [2.45, 2.75) is 19.6 Å². The molecule has 146 valence electrons. The first-order valence-corrected chi connectivity index (χ1v) is 9.64. The highest BCUT2D eigenvalue weighted by Gasteiger charge is 2.03. The summed E-state index contributed by atoms with van der Waals surface area (Å²) in [5.74, 6) is 0.754. The van der Waals surface area contributed by atoms with E-state index in [9.17, 15) is 0 Å². The Balaban J connectivity index is 1.32. The molecular weight excluding hydrogens is 360 g/mol. The number of fused-ring (bicyclic) bond motifs is 1. The fraction of sp³-hybridized carbons (Fsp3) is 0.174. The van der Waals surface area contributed by atoms with Gasteiger partial charge in [0, 0.05) is 26.3 Å². The predicted octanol–water partition coefficient (Wildman–Crippen LogP) is 3.34. The molecule has 0 fully saturated rings. The molecule has 6 heteroatoms. The van der Waals surface area contributed by atoms with Crippen LogP contribution < -0.4 is 10.6 Å². The van der Waals surface area contributed by atoms with E-state index in [4.69, 9.17) is 0 Å². The summed E-state index contributed by atoms with van der Waals surface area (Å²) in [5.41, 5.74) is 5.60. The van der Waals surface area contributed by atoms with Gasteiger partial charge in [-0.3, -0.25) is 9.98 Å². The Bertz CT molecular complexity index is 1080. The summed E-state index contributed by atoms with van der Waals surface area (Å²) in [4.78, 5) is 13.0. The van der Waals surface area contributed by atoms with Crippen molar-refractivity contribution in [3.63, 3.8) is 0 Å². The summed E-state index contributed by atoms with van der Waals surface area (Å²) in [7, 11) is 1.77. The Labute approximate surface area is 170 Å². The minimum absolute atomic E-state index is 0.637. The van der Waals surface area contributed by atoms with Gasteiger partial charge in [-0.05, 0) is 35.4 Å². The number of benzene rings is 2. The SMILES string of the molecule is CN=C(NCc1ccc(Cn2cnc3ccccc32)cc1)NCc1ccccn1. The molecule has 0 amide bonds. The monoisotopic (exact) mass is 384 g/mol. The summed E-state index contributed by atoms with van der Waals surface area (Å²) in [6.07, 6.45) is 3.69. The Morgan fingerprint density at radius 3 is 2.41 bits per heavy atom. The number of para-hydroxylation sites is 2. The molecule has 4 aromatic rings. The maximum Gasteiger partial charge on any atom is 0.191 e. The van der Waals surface area contributed by atoms with E-state index in [0.717, 1.165) is 29.2 Å². The molecule has 29 heavy (non-hydrogen) atoms. The molecule has 0 aliphatic carbocycles. The van der Waals surface area contributed by atoms with Crippen LogP contribution in [-0.4, -0.2) is 27.5 Å². The molecule has 0 aliphatic heterocycles. The molecule has 0 aliphatic rings. The fourth-order valence-electron chi connectivity index (χ4n) is 3.18. The van der Waals surface area contributed by atoms with Gasteiger partial charge in [0.1, 0.15) is 0 Å².